The van der Waals surface area contributed by atoms with Crippen LogP contribution in [-0.2, 0) is 19.1 Å². The summed E-state index contributed by atoms with van der Waals surface area (Å²) in [6.45, 7) is 11.7. The SMILES string of the molecule is CC1CCC2(C(=O)O[C@@H]3O[C@H](CO)[C@@H](O)[C@H](O)[C@H]3O)CC[C@]3(C)C(=CCC4C5(C)CCC(O)[C@](C)(C(=O)O)[C@@H]5CCC43C)[C@@H]2[C@]1(C)O. The molecule has 0 bridgehead atoms. The number of ether oxygens (including phenoxy) is 2. The molecule has 1 aliphatic heterocycles. The van der Waals surface area contributed by atoms with Crippen LogP contribution in [0.4, 0.5) is 0 Å². The predicted octanol–water partition coefficient (Wildman–Crippen LogP) is 2.53. The van der Waals surface area contributed by atoms with Crippen molar-refractivity contribution in [2.75, 3.05) is 6.61 Å². The molecule has 1 saturated heterocycles. The van der Waals surface area contributed by atoms with E-state index in [1.165, 1.54) is 0 Å². The first-order valence-electron chi connectivity index (χ1n) is 17.6. The van der Waals surface area contributed by atoms with Gasteiger partial charge in [-0.25, -0.2) is 0 Å². The largest absolute Gasteiger partial charge is 0.481 e. The molecule has 0 aromatic carbocycles. The number of aliphatic carboxylic acids is 1. The molecule has 1 heterocycles. The Kier molecular flexibility index (Phi) is 8.40. The lowest BCUT2D eigenvalue weighted by molar-refractivity contribution is -0.299. The number of fused-ring (bicyclic) bond motifs is 7. The first kappa shape index (κ1) is 35.2. The van der Waals surface area contributed by atoms with Crippen LogP contribution in [0.1, 0.15) is 99.3 Å². The minimum absolute atomic E-state index is 0.126. The summed E-state index contributed by atoms with van der Waals surface area (Å²) in [6.07, 6.45) is -1.18. The van der Waals surface area contributed by atoms with E-state index in [4.69, 9.17) is 9.47 Å². The molecule has 0 spiro atoms. The Labute approximate surface area is 277 Å². The van der Waals surface area contributed by atoms with Crippen LogP contribution in [0.5, 0.6) is 0 Å². The highest BCUT2D eigenvalue weighted by Gasteiger charge is 2.72. The van der Waals surface area contributed by atoms with Gasteiger partial charge in [0.25, 0.3) is 0 Å². The van der Waals surface area contributed by atoms with Crippen molar-refractivity contribution in [2.24, 2.45) is 50.7 Å². The van der Waals surface area contributed by atoms with Gasteiger partial charge >= 0.3 is 11.9 Å². The van der Waals surface area contributed by atoms with E-state index in [0.29, 0.717) is 44.9 Å². The van der Waals surface area contributed by atoms with Crippen molar-refractivity contribution in [3.8, 4) is 0 Å². The summed E-state index contributed by atoms with van der Waals surface area (Å²) < 4.78 is 11.4. The van der Waals surface area contributed by atoms with E-state index in [0.717, 1.165) is 18.4 Å². The fourth-order valence-electron chi connectivity index (χ4n) is 12.2. The molecular weight excluding hydrogens is 608 g/mol. The Bertz CT molecular complexity index is 1310. The molecule has 7 N–H and O–H groups in total. The highest BCUT2D eigenvalue weighted by molar-refractivity contribution is 5.79. The van der Waals surface area contributed by atoms with Gasteiger partial charge in [0.15, 0.2) is 0 Å². The monoisotopic (exact) mass is 664 g/mol. The molecule has 266 valence electrons. The summed E-state index contributed by atoms with van der Waals surface area (Å²) in [5, 5.41) is 74.8. The van der Waals surface area contributed by atoms with Gasteiger partial charge < -0.3 is 45.2 Å². The summed E-state index contributed by atoms with van der Waals surface area (Å²) in [5.41, 5.74) is -3.64. The number of carboxylic acid groups (broad SMARTS) is 1. The van der Waals surface area contributed by atoms with Crippen LogP contribution in [0, 0.1) is 50.7 Å². The van der Waals surface area contributed by atoms with Gasteiger partial charge in [-0.15, -0.1) is 0 Å². The molecule has 0 aromatic heterocycles. The average molecular weight is 665 g/mol. The minimum atomic E-state index is -1.72. The molecule has 47 heavy (non-hydrogen) atoms. The second-order valence-electron chi connectivity index (χ2n) is 17.3. The van der Waals surface area contributed by atoms with E-state index in [1.807, 2.05) is 6.92 Å². The normalized spacial score (nSPS) is 55.8. The third-order valence-corrected chi connectivity index (χ3v) is 15.6. The van der Waals surface area contributed by atoms with E-state index >= 15 is 0 Å². The Morgan fingerprint density at radius 2 is 1.57 bits per heavy atom. The molecule has 11 nitrogen and oxygen atoms in total. The van der Waals surface area contributed by atoms with Crippen molar-refractivity contribution < 1.29 is 54.8 Å². The maximum Gasteiger partial charge on any atom is 0.315 e. The lowest BCUT2D eigenvalue weighted by atomic mass is 9.33. The van der Waals surface area contributed by atoms with Crippen molar-refractivity contribution in [2.45, 2.75) is 142 Å². The molecule has 16 atom stereocenters. The summed E-state index contributed by atoms with van der Waals surface area (Å²) in [6, 6.07) is 0. The first-order chi connectivity index (χ1) is 21.8. The van der Waals surface area contributed by atoms with E-state index in [2.05, 4.69) is 26.8 Å². The molecule has 0 radical (unpaired) electrons. The van der Waals surface area contributed by atoms with Crippen LogP contribution in [0.3, 0.4) is 0 Å². The van der Waals surface area contributed by atoms with E-state index in [-0.39, 0.29) is 28.6 Å². The van der Waals surface area contributed by atoms with Crippen LogP contribution in [0.25, 0.3) is 0 Å². The van der Waals surface area contributed by atoms with E-state index < -0.39 is 83.1 Å². The smallest absolute Gasteiger partial charge is 0.315 e. The van der Waals surface area contributed by atoms with Gasteiger partial charge in [-0.3, -0.25) is 9.59 Å². The van der Waals surface area contributed by atoms with Gasteiger partial charge in [-0.05, 0) is 106 Å². The predicted molar refractivity (Wildman–Crippen MR) is 168 cm³/mol. The molecule has 4 saturated carbocycles. The van der Waals surface area contributed by atoms with Crippen molar-refractivity contribution in [3.63, 3.8) is 0 Å². The molecule has 5 fully saturated rings. The summed E-state index contributed by atoms with van der Waals surface area (Å²) in [4.78, 5) is 27.2. The lowest BCUT2D eigenvalue weighted by Crippen LogP contribution is -2.69. The van der Waals surface area contributed by atoms with Crippen LogP contribution >= 0.6 is 0 Å². The van der Waals surface area contributed by atoms with Gasteiger partial charge in [0, 0.05) is 5.92 Å². The minimum Gasteiger partial charge on any atom is -0.481 e. The number of aliphatic hydroxyl groups excluding tert-OH is 5. The van der Waals surface area contributed by atoms with Crippen LogP contribution < -0.4 is 0 Å². The molecule has 6 rings (SSSR count). The Morgan fingerprint density at radius 3 is 2.21 bits per heavy atom. The van der Waals surface area contributed by atoms with Gasteiger partial charge in [-0.1, -0.05) is 39.3 Å². The van der Waals surface area contributed by atoms with Crippen molar-refractivity contribution in [1.82, 2.24) is 0 Å². The number of rotatable bonds is 4. The van der Waals surface area contributed by atoms with Crippen molar-refractivity contribution in [3.05, 3.63) is 11.6 Å². The average Bonchev–Trinajstić information content (AvgIpc) is 3.01. The summed E-state index contributed by atoms with van der Waals surface area (Å²) in [5.74, 6) is -2.37. The fraction of sp³-hybridized carbons (Fsp3) is 0.889. The Morgan fingerprint density at radius 1 is 0.894 bits per heavy atom. The van der Waals surface area contributed by atoms with Crippen LogP contribution in [-0.4, -0.2) is 96.7 Å². The van der Waals surface area contributed by atoms with Gasteiger partial charge in [-0.2, -0.15) is 0 Å². The quantitative estimate of drug-likeness (QED) is 0.172. The van der Waals surface area contributed by atoms with Crippen LogP contribution in [0.2, 0.25) is 0 Å². The molecule has 11 heteroatoms. The molecule has 0 amide bonds. The molecule has 5 aliphatic carbocycles. The number of carboxylic acids is 1. The first-order valence-corrected chi connectivity index (χ1v) is 17.6. The van der Waals surface area contributed by atoms with Crippen LogP contribution in [0.15, 0.2) is 11.6 Å². The number of aliphatic hydroxyl groups is 6. The van der Waals surface area contributed by atoms with E-state index in [1.54, 1.807) is 13.8 Å². The number of esters is 1. The maximum absolute atomic E-state index is 14.5. The second kappa shape index (κ2) is 11.2. The second-order valence-corrected chi connectivity index (χ2v) is 17.3. The Hall–Kier alpha value is -1.60. The zero-order chi connectivity index (χ0) is 34.7. The number of hydrogen-bond acceptors (Lipinski definition) is 10. The summed E-state index contributed by atoms with van der Waals surface area (Å²) in [7, 11) is 0. The standard InChI is InChI=1S/C36H56O11/c1-18-9-14-36(30(44)47-28-26(41)25(40)24(39)20(17-37)46-28)16-15-32(3)19(27(36)35(18,6)45)7-8-21-31(2)12-11-23(38)34(5,29(42)43)22(31)10-13-33(21,32)4/h7,18,20-28,37-41,45H,8-17H2,1-6H3,(H,42,43)/t18?,20-,21?,22-,23?,24-,25+,26-,27-,28+,31?,32-,33?,34-,35-,36?/m1/s1. The highest BCUT2D eigenvalue weighted by atomic mass is 16.7. The highest BCUT2D eigenvalue weighted by Crippen LogP contribution is 2.76. The van der Waals surface area contributed by atoms with Gasteiger partial charge in [0.1, 0.15) is 24.4 Å². The number of carbonyl (C=O) groups is 2. The Balaban J connectivity index is 1.39. The number of allylic oxidation sites excluding steroid dienone is 1. The third-order valence-electron chi connectivity index (χ3n) is 15.6. The van der Waals surface area contributed by atoms with Crippen molar-refractivity contribution >= 4 is 11.9 Å². The molecular formula is C36H56O11. The number of carbonyl (C=O) groups excluding carboxylic acids is 1. The zero-order valence-electron chi connectivity index (χ0n) is 28.7. The lowest BCUT2D eigenvalue weighted by Gasteiger charge is -2.71. The molecule has 6 unspecified atom stereocenters. The van der Waals surface area contributed by atoms with Gasteiger partial charge in [0.2, 0.25) is 6.29 Å². The molecule has 0 aromatic rings. The van der Waals surface area contributed by atoms with Crippen molar-refractivity contribution in [1.29, 1.82) is 0 Å². The van der Waals surface area contributed by atoms with Gasteiger partial charge in [0.05, 0.1) is 29.1 Å². The number of hydrogen-bond donors (Lipinski definition) is 7. The zero-order valence-corrected chi connectivity index (χ0v) is 28.7. The summed E-state index contributed by atoms with van der Waals surface area (Å²) >= 11 is 0. The van der Waals surface area contributed by atoms with E-state index in [9.17, 15) is 45.3 Å². The topological polar surface area (TPSA) is 194 Å². The fourth-order valence-corrected chi connectivity index (χ4v) is 12.2. The maximum atomic E-state index is 14.5. The molecule has 6 aliphatic rings. The third kappa shape index (κ3) is 4.49.